The van der Waals surface area contributed by atoms with Gasteiger partial charge in [0, 0.05) is 17.2 Å². The lowest BCUT2D eigenvalue weighted by atomic mass is 10.0. The summed E-state index contributed by atoms with van der Waals surface area (Å²) >= 11 is 2.67. The summed E-state index contributed by atoms with van der Waals surface area (Å²) in [4.78, 5) is 19.4. The molecule has 0 bridgehead atoms. The van der Waals surface area contributed by atoms with Crippen molar-refractivity contribution in [1.29, 1.82) is 0 Å². The van der Waals surface area contributed by atoms with Crippen molar-refractivity contribution in [3.63, 3.8) is 0 Å². The number of rotatable bonds is 8. The van der Waals surface area contributed by atoms with Gasteiger partial charge in [-0.1, -0.05) is 36.9 Å². The van der Waals surface area contributed by atoms with Gasteiger partial charge in [-0.3, -0.25) is 14.1 Å². The summed E-state index contributed by atoms with van der Waals surface area (Å²) in [5.41, 5.74) is 2.08. The van der Waals surface area contributed by atoms with Crippen LogP contribution in [0.3, 0.4) is 0 Å². The summed E-state index contributed by atoms with van der Waals surface area (Å²) in [5.74, 6) is -1.24. The number of carbonyl (C=O) groups is 1. The first-order valence-corrected chi connectivity index (χ1v) is 13.2. The quantitative estimate of drug-likeness (QED) is 0.500. The first-order valence-electron chi connectivity index (χ1n) is 9.99. The number of benzene rings is 1. The van der Waals surface area contributed by atoms with E-state index in [-0.39, 0.29) is 5.25 Å². The fourth-order valence-electron chi connectivity index (χ4n) is 3.80. The number of aliphatic imine (C=N–C) groups is 1. The molecule has 31 heavy (non-hydrogen) atoms. The number of H-pyrrole nitrogens is 1. The van der Waals surface area contributed by atoms with Crippen LogP contribution in [0, 0.1) is 5.92 Å². The number of hydrogen-bond acceptors (Lipinski definition) is 6. The summed E-state index contributed by atoms with van der Waals surface area (Å²) < 4.78 is 28.1. The first-order chi connectivity index (χ1) is 14.9. The van der Waals surface area contributed by atoms with Gasteiger partial charge in [-0.15, -0.1) is 11.3 Å². The van der Waals surface area contributed by atoms with E-state index in [0.29, 0.717) is 29.4 Å². The topological polar surface area (TPSA) is 103 Å². The Balaban J connectivity index is 1.69. The number of para-hydroxylation sites is 1. The van der Waals surface area contributed by atoms with Gasteiger partial charge in [0.1, 0.15) is 9.25 Å². The number of hydrogen-bond donors (Lipinski definition) is 2. The second kappa shape index (κ2) is 8.68. The largest absolute Gasteiger partial charge is 0.481 e. The third kappa shape index (κ3) is 3.99. The fourth-order valence-corrected chi connectivity index (χ4v) is 7.68. The maximum absolute atomic E-state index is 13.2. The van der Waals surface area contributed by atoms with Gasteiger partial charge in [0.05, 0.1) is 29.4 Å². The smallest absolute Gasteiger partial charge is 0.307 e. The molecule has 2 N–H and O–H groups in total. The van der Waals surface area contributed by atoms with Crippen molar-refractivity contribution in [2.45, 2.75) is 29.7 Å². The molecule has 2 unspecified atom stereocenters. The van der Waals surface area contributed by atoms with Crippen LogP contribution in [0.15, 0.2) is 51.0 Å². The SMILES string of the molecule is CCC(C(=O)O)C1CN=C(c2cc3cccc(N(CC)S(=O)(=O)c4cccs4)c3[nH]2)S1. The average Bonchev–Trinajstić information content (AvgIpc) is 3.49. The third-order valence-electron chi connectivity index (χ3n) is 5.34. The van der Waals surface area contributed by atoms with Gasteiger partial charge in [-0.2, -0.15) is 0 Å². The molecule has 2 atom stereocenters. The summed E-state index contributed by atoms with van der Waals surface area (Å²) in [5, 5.41) is 12.7. The first kappa shape index (κ1) is 21.9. The highest BCUT2D eigenvalue weighted by molar-refractivity contribution is 8.15. The molecule has 10 heteroatoms. The van der Waals surface area contributed by atoms with Crippen LogP contribution in [0.1, 0.15) is 26.0 Å². The number of aromatic amines is 1. The van der Waals surface area contributed by atoms with Gasteiger partial charge in [0.25, 0.3) is 10.0 Å². The maximum Gasteiger partial charge on any atom is 0.307 e. The molecule has 3 heterocycles. The maximum atomic E-state index is 13.2. The molecule has 0 spiro atoms. The summed E-state index contributed by atoms with van der Waals surface area (Å²) in [6.45, 7) is 4.44. The van der Waals surface area contributed by atoms with Crippen molar-refractivity contribution in [2.24, 2.45) is 10.9 Å². The van der Waals surface area contributed by atoms with Crippen LogP contribution >= 0.6 is 23.1 Å². The Labute approximate surface area is 189 Å². The number of carboxylic acid groups (broad SMARTS) is 1. The van der Waals surface area contributed by atoms with Crippen LogP contribution in [0.4, 0.5) is 5.69 Å². The number of nitrogens with zero attached hydrogens (tertiary/aromatic N) is 2. The Morgan fingerprint density at radius 2 is 2.13 bits per heavy atom. The highest BCUT2D eigenvalue weighted by Gasteiger charge is 2.33. The van der Waals surface area contributed by atoms with E-state index < -0.39 is 21.9 Å². The number of thioether (sulfide) groups is 1. The van der Waals surface area contributed by atoms with Crippen molar-refractivity contribution in [3.8, 4) is 0 Å². The van der Waals surface area contributed by atoms with E-state index in [1.54, 1.807) is 23.6 Å². The van der Waals surface area contributed by atoms with Crippen molar-refractivity contribution in [1.82, 2.24) is 4.98 Å². The number of anilines is 1. The number of carboxylic acids is 1. The van der Waals surface area contributed by atoms with E-state index in [4.69, 9.17) is 0 Å². The van der Waals surface area contributed by atoms with Crippen LogP contribution in [-0.4, -0.2) is 47.9 Å². The molecule has 7 nitrogen and oxygen atoms in total. The number of fused-ring (bicyclic) bond motifs is 1. The molecule has 0 radical (unpaired) electrons. The Morgan fingerprint density at radius 1 is 1.32 bits per heavy atom. The van der Waals surface area contributed by atoms with E-state index in [0.717, 1.165) is 21.6 Å². The van der Waals surface area contributed by atoms with E-state index >= 15 is 0 Å². The monoisotopic (exact) mass is 477 g/mol. The van der Waals surface area contributed by atoms with Crippen LogP contribution in [0.2, 0.25) is 0 Å². The number of thiophene rings is 1. The Hall–Kier alpha value is -2.30. The minimum Gasteiger partial charge on any atom is -0.481 e. The molecule has 1 aliphatic heterocycles. The number of nitrogens with one attached hydrogen (secondary N) is 1. The van der Waals surface area contributed by atoms with Gasteiger partial charge in [0.15, 0.2) is 0 Å². The molecule has 1 aliphatic rings. The lowest BCUT2D eigenvalue weighted by molar-refractivity contribution is -0.141. The van der Waals surface area contributed by atoms with Gasteiger partial charge in [0.2, 0.25) is 0 Å². The number of sulfonamides is 1. The molecular formula is C21H23N3O4S3. The minimum atomic E-state index is -3.66. The second-order valence-electron chi connectivity index (χ2n) is 7.18. The molecule has 0 saturated carbocycles. The highest BCUT2D eigenvalue weighted by Crippen LogP contribution is 2.36. The molecule has 2 aromatic heterocycles. The fraction of sp³-hybridized carbons (Fsp3) is 0.333. The average molecular weight is 478 g/mol. The zero-order valence-corrected chi connectivity index (χ0v) is 19.6. The van der Waals surface area contributed by atoms with E-state index in [9.17, 15) is 18.3 Å². The third-order valence-corrected chi connectivity index (χ3v) is 9.96. The molecule has 0 aliphatic carbocycles. The van der Waals surface area contributed by atoms with Crippen LogP contribution in [0.5, 0.6) is 0 Å². The number of aromatic nitrogens is 1. The van der Waals surface area contributed by atoms with Gasteiger partial charge in [-0.05, 0) is 36.9 Å². The summed E-state index contributed by atoms with van der Waals surface area (Å²) in [6.07, 6.45) is 0.554. The predicted molar refractivity (Wildman–Crippen MR) is 127 cm³/mol. The normalized spacial score (nSPS) is 17.6. The lowest BCUT2D eigenvalue weighted by Crippen LogP contribution is -2.30. The Bertz CT molecular complexity index is 1230. The van der Waals surface area contributed by atoms with E-state index in [2.05, 4.69) is 9.98 Å². The van der Waals surface area contributed by atoms with E-state index in [1.807, 2.05) is 32.0 Å². The minimum absolute atomic E-state index is 0.102. The molecule has 1 aromatic carbocycles. The number of aliphatic carboxylic acids is 1. The van der Waals surface area contributed by atoms with Crippen molar-refractivity contribution in [2.75, 3.05) is 17.4 Å². The van der Waals surface area contributed by atoms with E-state index in [1.165, 1.54) is 27.4 Å². The molecule has 4 rings (SSSR count). The molecular weight excluding hydrogens is 454 g/mol. The van der Waals surface area contributed by atoms with Crippen molar-refractivity contribution in [3.05, 3.63) is 47.5 Å². The lowest BCUT2D eigenvalue weighted by Gasteiger charge is -2.22. The van der Waals surface area contributed by atoms with Gasteiger partial charge in [-0.25, -0.2) is 8.42 Å². The molecule has 0 fully saturated rings. The van der Waals surface area contributed by atoms with Crippen LogP contribution in [-0.2, 0) is 14.8 Å². The Kier molecular flexibility index (Phi) is 6.14. The molecule has 0 saturated heterocycles. The predicted octanol–water partition coefficient (Wildman–Crippen LogP) is 4.42. The standard InChI is InChI=1S/C21H23N3O4S3/c1-3-14(21(25)26)17-12-22-20(30-17)15-11-13-7-5-8-16(19(13)23-15)24(4-2)31(27,28)18-9-6-10-29-18/h5-11,14,17,23H,3-4,12H2,1-2H3,(H,25,26). The van der Waals surface area contributed by atoms with Gasteiger partial charge < -0.3 is 10.1 Å². The van der Waals surface area contributed by atoms with Crippen molar-refractivity contribution >= 4 is 60.7 Å². The second-order valence-corrected chi connectivity index (χ2v) is 11.4. The van der Waals surface area contributed by atoms with Crippen molar-refractivity contribution < 1.29 is 18.3 Å². The molecule has 0 amide bonds. The zero-order chi connectivity index (χ0) is 22.2. The van der Waals surface area contributed by atoms with Crippen LogP contribution in [0.25, 0.3) is 10.9 Å². The summed E-state index contributed by atoms with van der Waals surface area (Å²) in [6, 6.07) is 10.8. The van der Waals surface area contributed by atoms with Gasteiger partial charge >= 0.3 is 5.97 Å². The molecule has 3 aromatic rings. The summed E-state index contributed by atoms with van der Waals surface area (Å²) in [7, 11) is -3.66. The van der Waals surface area contributed by atoms with Crippen LogP contribution < -0.4 is 4.31 Å². The molecule has 164 valence electrons. The zero-order valence-electron chi connectivity index (χ0n) is 17.1. The Morgan fingerprint density at radius 3 is 2.77 bits per heavy atom. The highest BCUT2D eigenvalue weighted by atomic mass is 32.2.